The van der Waals surface area contributed by atoms with E-state index in [1.807, 2.05) is 45.2 Å². The van der Waals surface area contributed by atoms with Gasteiger partial charge in [-0.1, -0.05) is 35.5 Å². The zero-order chi connectivity index (χ0) is 21.7. The number of nitrogens with zero attached hydrogens (tertiary/aromatic N) is 4. The summed E-state index contributed by atoms with van der Waals surface area (Å²) in [6, 6.07) is 13.5. The molecular weight excluding hydrogens is 406 g/mol. The van der Waals surface area contributed by atoms with Crippen molar-refractivity contribution in [2.45, 2.75) is 25.1 Å². The number of nitro groups is 1. The first-order valence-electron chi connectivity index (χ1n) is 9.13. The van der Waals surface area contributed by atoms with Crippen LogP contribution in [0.5, 0.6) is 5.75 Å². The number of anilines is 1. The van der Waals surface area contributed by atoms with E-state index in [2.05, 4.69) is 15.5 Å². The highest BCUT2D eigenvalue weighted by atomic mass is 32.2. The third-order valence-corrected chi connectivity index (χ3v) is 5.26. The molecule has 156 valence electrons. The summed E-state index contributed by atoms with van der Waals surface area (Å²) in [6.45, 7) is 3.89. The molecule has 0 radical (unpaired) electrons. The second-order valence-electron chi connectivity index (χ2n) is 6.62. The summed E-state index contributed by atoms with van der Waals surface area (Å²) in [5.74, 6) is 1.16. The summed E-state index contributed by atoms with van der Waals surface area (Å²) in [6.07, 6.45) is -0.321. The molecule has 0 bridgehead atoms. The predicted molar refractivity (Wildman–Crippen MR) is 114 cm³/mol. The molecule has 0 saturated carbocycles. The lowest BCUT2D eigenvalue weighted by Crippen LogP contribution is -2.15. The van der Waals surface area contributed by atoms with E-state index in [4.69, 9.17) is 4.74 Å². The first-order chi connectivity index (χ1) is 14.3. The number of benzene rings is 2. The first kappa shape index (κ1) is 21.3. The van der Waals surface area contributed by atoms with Crippen LogP contribution in [0.1, 0.15) is 24.4 Å². The van der Waals surface area contributed by atoms with Crippen molar-refractivity contribution in [3.8, 4) is 5.75 Å². The van der Waals surface area contributed by atoms with E-state index < -0.39 is 4.92 Å². The molecule has 0 aliphatic carbocycles. The summed E-state index contributed by atoms with van der Waals surface area (Å²) in [5.41, 5.74) is 1.44. The Labute approximate surface area is 177 Å². The molecule has 9 nitrogen and oxygen atoms in total. The maximum Gasteiger partial charge on any atom is 0.271 e. The lowest BCUT2D eigenvalue weighted by Gasteiger charge is -2.14. The fourth-order valence-electron chi connectivity index (χ4n) is 2.70. The van der Waals surface area contributed by atoms with Crippen LogP contribution in [0.4, 0.5) is 11.4 Å². The number of nitrogens with one attached hydrogen (secondary N) is 1. The van der Waals surface area contributed by atoms with E-state index in [9.17, 15) is 14.9 Å². The number of nitro benzene ring substituents is 1. The van der Waals surface area contributed by atoms with Crippen LogP contribution in [0.25, 0.3) is 0 Å². The normalized spacial score (nSPS) is 11.7. The van der Waals surface area contributed by atoms with Crippen LogP contribution < -0.4 is 10.1 Å². The zero-order valence-corrected chi connectivity index (χ0v) is 17.5. The Bertz CT molecular complexity index is 1050. The largest absolute Gasteiger partial charge is 0.483 e. The Morgan fingerprint density at radius 1 is 1.27 bits per heavy atom. The van der Waals surface area contributed by atoms with E-state index in [-0.39, 0.29) is 23.5 Å². The maximum atomic E-state index is 12.2. The number of amides is 1. The molecule has 2 aromatic carbocycles. The van der Waals surface area contributed by atoms with E-state index in [0.717, 1.165) is 11.3 Å². The van der Waals surface area contributed by atoms with Crippen LogP contribution in [0.2, 0.25) is 0 Å². The number of ether oxygens (including phenoxy) is 1. The van der Waals surface area contributed by atoms with Crippen molar-refractivity contribution in [1.29, 1.82) is 0 Å². The maximum absolute atomic E-state index is 12.2. The van der Waals surface area contributed by atoms with Gasteiger partial charge in [0.1, 0.15) is 5.75 Å². The zero-order valence-electron chi connectivity index (χ0n) is 16.7. The van der Waals surface area contributed by atoms with E-state index in [1.165, 1.54) is 30.0 Å². The van der Waals surface area contributed by atoms with Gasteiger partial charge in [0.15, 0.2) is 17.1 Å². The Morgan fingerprint density at radius 3 is 2.70 bits per heavy atom. The molecule has 0 saturated heterocycles. The van der Waals surface area contributed by atoms with E-state index in [0.29, 0.717) is 16.7 Å². The van der Waals surface area contributed by atoms with E-state index >= 15 is 0 Å². The van der Waals surface area contributed by atoms with Crippen molar-refractivity contribution in [3.05, 3.63) is 70.0 Å². The SMILES string of the molecule is Cc1ccc(OC(C)c2nnc(SCC(=O)Nc3cccc([N+](=O)[O-])c3)n2C)cc1. The summed E-state index contributed by atoms with van der Waals surface area (Å²) in [7, 11) is 1.81. The number of carbonyl (C=O) groups excluding carboxylic acids is 1. The minimum atomic E-state index is -0.509. The van der Waals surface area contributed by atoms with Crippen LogP contribution in [-0.4, -0.2) is 31.3 Å². The van der Waals surface area contributed by atoms with E-state index in [1.54, 1.807) is 10.6 Å². The second-order valence-corrected chi connectivity index (χ2v) is 7.56. The van der Waals surface area contributed by atoms with Crippen molar-refractivity contribution >= 4 is 29.0 Å². The lowest BCUT2D eigenvalue weighted by molar-refractivity contribution is -0.384. The average molecular weight is 427 g/mol. The highest BCUT2D eigenvalue weighted by molar-refractivity contribution is 7.99. The van der Waals surface area contributed by atoms with Gasteiger partial charge in [0.25, 0.3) is 5.69 Å². The molecule has 10 heteroatoms. The summed E-state index contributed by atoms with van der Waals surface area (Å²) >= 11 is 1.22. The molecule has 30 heavy (non-hydrogen) atoms. The number of aryl methyl sites for hydroxylation is 1. The second kappa shape index (κ2) is 9.40. The Morgan fingerprint density at radius 2 is 2.00 bits per heavy atom. The highest BCUT2D eigenvalue weighted by Crippen LogP contribution is 2.24. The monoisotopic (exact) mass is 427 g/mol. The molecule has 0 aliphatic rings. The lowest BCUT2D eigenvalue weighted by atomic mass is 10.2. The molecule has 3 rings (SSSR count). The van der Waals surface area contributed by atoms with Crippen molar-refractivity contribution in [3.63, 3.8) is 0 Å². The van der Waals surface area contributed by atoms with Gasteiger partial charge in [0, 0.05) is 24.9 Å². The van der Waals surface area contributed by atoms with Crippen LogP contribution in [-0.2, 0) is 11.8 Å². The molecule has 1 heterocycles. The Hall–Kier alpha value is -3.40. The Balaban J connectivity index is 1.58. The van der Waals surface area contributed by atoms with Gasteiger partial charge >= 0.3 is 0 Å². The molecule has 1 atom stereocenters. The van der Waals surface area contributed by atoms with Gasteiger partial charge < -0.3 is 14.6 Å². The van der Waals surface area contributed by atoms with Crippen LogP contribution in [0.15, 0.2) is 53.7 Å². The van der Waals surface area contributed by atoms with Crippen molar-refractivity contribution in [2.75, 3.05) is 11.1 Å². The quantitative estimate of drug-likeness (QED) is 0.329. The molecule has 1 N–H and O–H groups in total. The van der Waals surface area contributed by atoms with Crippen LogP contribution >= 0.6 is 11.8 Å². The summed E-state index contributed by atoms with van der Waals surface area (Å²) < 4.78 is 7.70. The number of carbonyl (C=O) groups is 1. The highest BCUT2D eigenvalue weighted by Gasteiger charge is 2.18. The molecule has 0 spiro atoms. The molecule has 1 aromatic heterocycles. The van der Waals surface area contributed by atoms with Crippen molar-refractivity contribution in [2.24, 2.45) is 7.05 Å². The number of rotatable bonds is 8. The van der Waals surface area contributed by atoms with Gasteiger partial charge in [-0.2, -0.15) is 0 Å². The van der Waals surface area contributed by atoms with Gasteiger partial charge in [-0.15, -0.1) is 10.2 Å². The molecule has 0 aliphatic heterocycles. The van der Waals surface area contributed by atoms with Gasteiger partial charge in [-0.25, -0.2) is 0 Å². The molecule has 1 amide bonds. The number of hydrogen-bond acceptors (Lipinski definition) is 7. The first-order valence-corrected chi connectivity index (χ1v) is 10.1. The third-order valence-electron chi connectivity index (χ3n) is 4.24. The summed E-state index contributed by atoms with van der Waals surface area (Å²) in [5, 5.41) is 22.4. The third kappa shape index (κ3) is 5.35. The topological polar surface area (TPSA) is 112 Å². The number of hydrogen-bond donors (Lipinski definition) is 1. The fraction of sp³-hybridized carbons (Fsp3) is 0.250. The van der Waals surface area contributed by atoms with Crippen molar-refractivity contribution < 1.29 is 14.5 Å². The van der Waals surface area contributed by atoms with Crippen LogP contribution in [0, 0.1) is 17.0 Å². The minimum absolute atomic E-state index is 0.0824. The summed E-state index contributed by atoms with van der Waals surface area (Å²) in [4.78, 5) is 22.5. The van der Waals surface area contributed by atoms with Crippen LogP contribution in [0.3, 0.4) is 0 Å². The van der Waals surface area contributed by atoms with Gasteiger partial charge in [-0.3, -0.25) is 14.9 Å². The fourth-order valence-corrected chi connectivity index (χ4v) is 3.42. The number of aromatic nitrogens is 3. The average Bonchev–Trinajstić information content (AvgIpc) is 3.09. The molecule has 3 aromatic rings. The smallest absolute Gasteiger partial charge is 0.271 e. The van der Waals surface area contributed by atoms with Gasteiger partial charge in [0.2, 0.25) is 5.91 Å². The molecule has 0 fully saturated rings. The Kier molecular flexibility index (Phi) is 6.68. The van der Waals surface area contributed by atoms with Crippen molar-refractivity contribution in [1.82, 2.24) is 14.8 Å². The predicted octanol–water partition coefficient (Wildman–Crippen LogP) is 3.90. The number of thioether (sulfide) groups is 1. The minimum Gasteiger partial charge on any atom is -0.483 e. The standard InChI is InChI=1S/C20H21N5O4S/c1-13-7-9-17(10-8-13)29-14(2)19-22-23-20(24(19)3)30-12-18(26)21-15-5-4-6-16(11-15)25(27)28/h4-11,14H,12H2,1-3H3,(H,21,26). The van der Waals surface area contributed by atoms with Gasteiger partial charge in [-0.05, 0) is 32.0 Å². The molecular formula is C20H21N5O4S. The molecule has 1 unspecified atom stereocenters. The van der Waals surface area contributed by atoms with Gasteiger partial charge in [0.05, 0.1) is 10.7 Å². The number of non-ortho nitro benzene ring substituents is 1.